The van der Waals surface area contributed by atoms with E-state index in [1.807, 2.05) is 26.0 Å². The fraction of sp³-hybridized carbons (Fsp3) is 0.300. The van der Waals surface area contributed by atoms with E-state index < -0.39 is 11.7 Å². The molecule has 1 fully saturated rings. The van der Waals surface area contributed by atoms with Crippen molar-refractivity contribution in [3.63, 3.8) is 0 Å². The van der Waals surface area contributed by atoms with Crippen LogP contribution in [0.4, 0.5) is 15.8 Å². The molecule has 1 atom stereocenters. The van der Waals surface area contributed by atoms with Crippen molar-refractivity contribution in [3.05, 3.63) is 54.3 Å². The Bertz CT molecular complexity index is 822. The molecule has 2 amide bonds. The van der Waals surface area contributed by atoms with E-state index in [1.54, 1.807) is 29.2 Å². The molecule has 5 nitrogen and oxygen atoms in total. The van der Waals surface area contributed by atoms with Gasteiger partial charge in [0.15, 0.2) is 0 Å². The molecule has 1 heterocycles. The zero-order valence-electron chi connectivity index (χ0n) is 14.7. The molecule has 26 heavy (non-hydrogen) atoms. The third-order valence-corrected chi connectivity index (χ3v) is 4.15. The lowest BCUT2D eigenvalue weighted by Crippen LogP contribution is -2.28. The molecule has 0 spiro atoms. The summed E-state index contributed by atoms with van der Waals surface area (Å²) >= 11 is 0. The maximum atomic E-state index is 13.7. The van der Waals surface area contributed by atoms with Crippen LogP contribution in [-0.4, -0.2) is 24.5 Å². The Hall–Kier alpha value is -2.89. The van der Waals surface area contributed by atoms with Crippen LogP contribution in [-0.2, 0) is 9.59 Å². The first-order chi connectivity index (χ1) is 12.5. The van der Waals surface area contributed by atoms with Gasteiger partial charge >= 0.3 is 0 Å². The molecule has 3 rings (SSSR count). The summed E-state index contributed by atoms with van der Waals surface area (Å²) in [7, 11) is 0. The van der Waals surface area contributed by atoms with Crippen LogP contribution in [0.3, 0.4) is 0 Å². The summed E-state index contributed by atoms with van der Waals surface area (Å²) < 4.78 is 19.5. The topological polar surface area (TPSA) is 58.6 Å². The second kappa shape index (κ2) is 7.56. The van der Waals surface area contributed by atoms with Crippen LogP contribution in [0.1, 0.15) is 20.3 Å². The quantitative estimate of drug-likeness (QED) is 0.890. The van der Waals surface area contributed by atoms with Gasteiger partial charge in [0.25, 0.3) is 0 Å². The Labute approximate surface area is 151 Å². The number of nitrogens with zero attached hydrogens (tertiary/aromatic N) is 1. The van der Waals surface area contributed by atoms with Crippen molar-refractivity contribution in [1.29, 1.82) is 0 Å². The number of carbonyl (C=O) groups excluding carboxylic acids is 2. The Morgan fingerprint density at radius 2 is 1.88 bits per heavy atom. The summed E-state index contributed by atoms with van der Waals surface area (Å²) in [5.74, 6) is -0.968. The summed E-state index contributed by atoms with van der Waals surface area (Å²) in [5.41, 5.74) is 0.763. The zero-order valence-corrected chi connectivity index (χ0v) is 14.7. The van der Waals surface area contributed by atoms with Crippen molar-refractivity contribution in [2.45, 2.75) is 26.4 Å². The fourth-order valence-corrected chi connectivity index (χ4v) is 2.95. The smallest absolute Gasteiger partial charge is 0.229 e. The van der Waals surface area contributed by atoms with Crippen molar-refractivity contribution in [1.82, 2.24) is 0 Å². The molecule has 2 aromatic carbocycles. The van der Waals surface area contributed by atoms with Crippen molar-refractivity contribution < 1.29 is 18.7 Å². The molecule has 0 radical (unpaired) electrons. The number of nitrogens with one attached hydrogen (secondary N) is 1. The molecular weight excluding hydrogens is 335 g/mol. The van der Waals surface area contributed by atoms with Crippen LogP contribution < -0.4 is 15.0 Å². The summed E-state index contributed by atoms with van der Waals surface area (Å²) in [6, 6.07) is 13.2. The number of amides is 2. The number of hydrogen-bond donors (Lipinski definition) is 1. The summed E-state index contributed by atoms with van der Waals surface area (Å²) in [4.78, 5) is 26.5. The van der Waals surface area contributed by atoms with Gasteiger partial charge in [0.05, 0.1) is 23.4 Å². The molecule has 1 saturated heterocycles. The highest BCUT2D eigenvalue weighted by atomic mass is 19.1. The molecule has 0 bridgehead atoms. The predicted octanol–water partition coefficient (Wildman–Crippen LogP) is 3.60. The predicted molar refractivity (Wildman–Crippen MR) is 97.7 cm³/mol. The van der Waals surface area contributed by atoms with Gasteiger partial charge in [0, 0.05) is 13.0 Å². The van der Waals surface area contributed by atoms with Crippen molar-refractivity contribution >= 4 is 23.2 Å². The molecule has 0 saturated carbocycles. The average Bonchev–Trinajstić information content (AvgIpc) is 2.99. The fourth-order valence-electron chi connectivity index (χ4n) is 2.95. The number of rotatable bonds is 5. The van der Waals surface area contributed by atoms with Gasteiger partial charge in [-0.15, -0.1) is 0 Å². The maximum Gasteiger partial charge on any atom is 0.229 e. The normalized spacial score (nSPS) is 16.8. The second-order valence-corrected chi connectivity index (χ2v) is 6.51. The zero-order chi connectivity index (χ0) is 18.7. The molecule has 0 aromatic heterocycles. The third-order valence-electron chi connectivity index (χ3n) is 4.15. The van der Waals surface area contributed by atoms with Crippen molar-refractivity contribution in [2.75, 3.05) is 16.8 Å². The summed E-state index contributed by atoms with van der Waals surface area (Å²) in [5, 5.41) is 2.57. The first kappa shape index (κ1) is 17.9. The SMILES string of the molecule is CC(C)Oc1ccccc1N1CC(C(=O)Nc2ccccc2F)CC1=O. The van der Waals surface area contributed by atoms with Crippen molar-refractivity contribution in [2.24, 2.45) is 5.92 Å². The van der Waals surface area contributed by atoms with Crippen LogP contribution >= 0.6 is 0 Å². The molecular formula is C20H21FN2O3. The highest BCUT2D eigenvalue weighted by Crippen LogP contribution is 2.34. The Balaban J connectivity index is 1.75. The van der Waals surface area contributed by atoms with Gasteiger partial charge in [0.2, 0.25) is 11.8 Å². The van der Waals surface area contributed by atoms with E-state index in [-0.39, 0.29) is 36.6 Å². The van der Waals surface area contributed by atoms with E-state index in [0.29, 0.717) is 11.4 Å². The highest BCUT2D eigenvalue weighted by molar-refractivity contribution is 6.04. The van der Waals surface area contributed by atoms with Crippen LogP contribution in [0.25, 0.3) is 0 Å². The van der Waals surface area contributed by atoms with E-state index in [0.717, 1.165) is 0 Å². The number of halogens is 1. The molecule has 1 N–H and O–H groups in total. The largest absolute Gasteiger partial charge is 0.489 e. The van der Waals surface area contributed by atoms with Crippen molar-refractivity contribution in [3.8, 4) is 5.75 Å². The van der Waals surface area contributed by atoms with Gasteiger partial charge < -0.3 is 15.0 Å². The van der Waals surface area contributed by atoms with E-state index in [9.17, 15) is 14.0 Å². The number of ether oxygens (including phenoxy) is 1. The van der Waals surface area contributed by atoms with Crippen LogP contribution in [0.5, 0.6) is 5.75 Å². The lowest BCUT2D eigenvalue weighted by molar-refractivity contribution is -0.122. The number of para-hydroxylation sites is 3. The molecule has 2 aromatic rings. The lowest BCUT2D eigenvalue weighted by atomic mass is 10.1. The third kappa shape index (κ3) is 3.85. The van der Waals surface area contributed by atoms with E-state index in [4.69, 9.17) is 4.74 Å². The maximum absolute atomic E-state index is 13.7. The molecule has 1 unspecified atom stereocenters. The van der Waals surface area contributed by atoms with Crippen LogP contribution in [0.15, 0.2) is 48.5 Å². The van der Waals surface area contributed by atoms with Crippen LogP contribution in [0, 0.1) is 11.7 Å². The number of carbonyl (C=O) groups is 2. The second-order valence-electron chi connectivity index (χ2n) is 6.51. The van der Waals surface area contributed by atoms with Gasteiger partial charge in [-0.1, -0.05) is 24.3 Å². The highest BCUT2D eigenvalue weighted by Gasteiger charge is 2.36. The van der Waals surface area contributed by atoms with Gasteiger partial charge in [-0.3, -0.25) is 9.59 Å². The van der Waals surface area contributed by atoms with E-state index in [1.165, 1.54) is 12.1 Å². The molecule has 136 valence electrons. The van der Waals surface area contributed by atoms with Gasteiger partial charge in [0.1, 0.15) is 11.6 Å². The number of hydrogen-bond acceptors (Lipinski definition) is 3. The summed E-state index contributed by atoms with van der Waals surface area (Å²) in [6.45, 7) is 4.05. The Morgan fingerprint density at radius 3 is 2.62 bits per heavy atom. The standard InChI is InChI=1S/C20H21FN2O3/c1-13(2)26-18-10-6-5-9-17(18)23-12-14(11-19(23)24)20(25)22-16-8-4-3-7-15(16)21/h3-10,13-14H,11-12H2,1-2H3,(H,22,25). The number of benzene rings is 2. The lowest BCUT2D eigenvalue weighted by Gasteiger charge is -2.21. The van der Waals surface area contributed by atoms with Gasteiger partial charge in [-0.2, -0.15) is 0 Å². The molecule has 1 aliphatic heterocycles. The Morgan fingerprint density at radius 1 is 1.19 bits per heavy atom. The van der Waals surface area contributed by atoms with Crippen LogP contribution in [0.2, 0.25) is 0 Å². The molecule has 6 heteroatoms. The minimum Gasteiger partial charge on any atom is -0.489 e. The van der Waals surface area contributed by atoms with Gasteiger partial charge in [-0.25, -0.2) is 4.39 Å². The first-order valence-electron chi connectivity index (χ1n) is 8.57. The van der Waals surface area contributed by atoms with E-state index in [2.05, 4.69) is 5.32 Å². The first-order valence-corrected chi connectivity index (χ1v) is 8.57. The molecule has 1 aliphatic rings. The van der Waals surface area contributed by atoms with Gasteiger partial charge in [-0.05, 0) is 38.1 Å². The monoisotopic (exact) mass is 356 g/mol. The Kier molecular flexibility index (Phi) is 5.21. The average molecular weight is 356 g/mol. The minimum absolute atomic E-state index is 0.0333. The minimum atomic E-state index is -0.547. The summed E-state index contributed by atoms with van der Waals surface area (Å²) in [6.07, 6.45) is 0.0463. The number of anilines is 2. The van der Waals surface area contributed by atoms with E-state index >= 15 is 0 Å². The molecule has 0 aliphatic carbocycles.